The van der Waals surface area contributed by atoms with E-state index in [2.05, 4.69) is 5.48 Å². The first-order valence-electron chi connectivity index (χ1n) is 4.84. The minimum Gasteiger partial charge on any atom is -0.356 e. The van der Waals surface area contributed by atoms with E-state index in [-0.39, 0.29) is 0 Å². The summed E-state index contributed by atoms with van der Waals surface area (Å²) in [6.07, 6.45) is 0. The van der Waals surface area contributed by atoms with Gasteiger partial charge in [-0.2, -0.15) is 0 Å². The van der Waals surface area contributed by atoms with Crippen LogP contribution in [0.3, 0.4) is 0 Å². The van der Waals surface area contributed by atoms with Gasteiger partial charge in [0, 0.05) is 0 Å². The van der Waals surface area contributed by atoms with Crippen molar-refractivity contribution in [3.05, 3.63) is 60.2 Å². The van der Waals surface area contributed by atoms with Crippen molar-refractivity contribution in [2.75, 3.05) is 0 Å². The maximum Gasteiger partial charge on any atom is 0.158 e. The third-order valence-electron chi connectivity index (χ3n) is 2.03. The molecule has 0 aromatic heterocycles. The van der Waals surface area contributed by atoms with Gasteiger partial charge in [0.1, 0.15) is 5.69 Å². The highest BCUT2D eigenvalue weighted by Gasteiger charge is 1.95. The molecule has 2 rings (SSSR count). The molecule has 1 radical (unpaired) electrons. The van der Waals surface area contributed by atoms with Gasteiger partial charge in [0.05, 0.1) is 0 Å². The van der Waals surface area contributed by atoms with Crippen molar-refractivity contribution in [1.29, 1.82) is 0 Å². The Morgan fingerprint density at radius 2 is 1.53 bits per heavy atom. The van der Waals surface area contributed by atoms with E-state index < -0.39 is 0 Å². The summed E-state index contributed by atoms with van der Waals surface area (Å²) in [4.78, 5) is 5.27. The second-order valence-electron chi connectivity index (χ2n) is 3.33. The normalized spacial score (nSPS) is 9.67. The lowest BCUT2D eigenvalue weighted by Crippen LogP contribution is -2.02. The number of benzene rings is 2. The van der Waals surface area contributed by atoms with Crippen molar-refractivity contribution in [1.82, 2.24) is 5.48 Å². The smallest absolute Gasteiger partial charge is 0.158 e. The quantitative estimate of drug-likeness (QED) is 0.694. The Labute approximate surface area is 89.5 Å². The van der Waals surface area contributed by atoms with E-state index in [0.29, 0.717) is 0 Å². The molecule has 0 atom stereocenters. The molecule has 2 heteroatoms. The van der Waals surface area contributed by atoms with E-state index in [4.69, 9.17) is 4.84 Å². The molecule has 0 aliphatic rings. The molecule has 0 saturated carbocycles. The van der Waals surface area contributed by atoms with Crippen LogP contribution in [-0.2, 0) is 0 Å². The Morgan fingerprint density at radius 1 is 0.867 bits per heavy atom. The molecule has 0 heterocycles. The summed E-state index contributed by atoms with van der Waals surface area (Å²) < 4.78 is 0. The average Bonchev–Trinajstić information content (AvgIpc) is 2.30. The number of nitrogens with zero attached hydrogens (tertiary/aromatic N) is 1. The summed E-state index contributed by atoms with van der Waals surface area (Å²) in [5, 5.41) is 0. The summed E-state index contributed by atoms with van der Waals surface area (Å²) in [5.41, 5.74) is 6.03. The third kappa shape index (κ3) is 2.74. The van der Waals surface area contributed by atoms with Gasteiger partial charge in [0.15, 0.2) is 5.75 Å². The topological polar surface area (TPSA) is 23.3 Å². The molecule has 0 aliphatic heterocycles. The Hall–Kier alpha value is -1.96. The minimum atomic E-state index is 0.754. The molecule has 0 amide bonds. The summed E-state index contributed by atoms with van der Waals surface area (Å²) in [5.74, 6) is 0.754. The zero-order valence-corrected chi connectivity index (χ0v) is 8.55. The third-order valence-corrected chi connectivity index (χ3v) is 2.03. The van der Waals surface area contributed by atoms with Crippen LogP contribution in [0.5, 0.6) is 5.75 Å². The van der Waals surface area contributed by atoms with Crippen molar-refractivity contribution in [2.24, 2.45) is 0 Å². The van der Waals surface area contributed by atoms with Crippen LogP contribution in [0, 0.1) is 6.92 Å². The van der Waals surface area contributed by atoms with Gasteiger partial charge in [0.25, 0.3) is 0 Å². The number of rotatable bonds is 3. The fraction of sp³-hybridized carbons (Fsp3) is 0.0769. The molecule has 2 aromatic carbocycles. The largest absolute Gasteiger partial charge is 0.356 e. The minimum absolute atomic E-state index is 0.754. The summed E-state index contributed by atoms with van der Waals surface area (Å²) in [6.45, 7) is 2.04. The van der Waals surface area contributed by atoms with Crippen molar-refractivity contribution in [2.45, 2.75) is 6.92 Å². The molecule has 0 spiro atoms. The standard InChI is InChI=1S/C13H12NO/c1-11-7-9-13(10-8-11)15-14-12-5-3-2-4-6-12/h2-10H,1H3. The number of aryl methyl sites for hydroxylation is 1. The van der Waals surface area contributed by atoms with Crippen molar-refractivity contribution in [3.8, 4) is 5.75 Å². The van der Waals surface area contributed by atoms with Gasteiger partial charge >= 0.3 is 0 Å². The lowest BCUT2D eigenvalue weighted by molar-refractivity contribution is 0.239. The molecule has 75 valence electrons. The fourth-order valence-corrected chi connectivity index (χ4v) is 1.19. The SMILES string of the molecule is Cc1ccc(O[N]c2ccccc2)cc1. The van der Waals surface area contributed by atoms with Gasteiger partial charge in [-0.1, -0.05) is 41.4 Å². The van der Waals surface area contributed by atoms with Crippen LogP contribution in [0.2, 0.25) is 0 Å². The Morgan fingerprint density at radius 3 is 2.20 bits per heavy atom. The lowest BCUT2D eigenvalue weighted by Gasteiger charge is -2.03. The first kappa shape index (κ1) is 9.59. The van der Waals surface area contributed by atoms with Crippen molar-refractivity contribution >= 4 is 5.69 Å². The second-order valence-corrected chi connectivity index (χ2v) is 3.33. The monoisotopic (exact) mass is 198 g/mol. The van der Waals surface area contributed by atoms with Gasteiger partial charge in [0.2, 0.25) is 0 Å². The highest BCUT2D eigenvalue weighted by molar-refractivity contribution is 5.34. The zero-order valence-electron chi connectivity index (χ0n) is 8.55. The zero-order chi connectivity index (χ0) is 10.5. The Balaban J connectivity index is 1.96. The van der Waals surface area contributed by atoms with E-state index >= 15 is 0 Å². The Bertz CT molecular complexity index is 408. The molecule has 0 fully saturated rings. The number of hydrogen-bond acceptors (Lipinski definition) is 1. The van der Waals surface area contributed by atoms with E-state index in [1.807, 2.05) is 61.5 Å². The van der Waals surface area contributed by atoms with E-state index in [0.717, 1.165) is 11.4 Å². The van der Waals surface area contributed by atoms with Gasteiger partial charge in [-0.05, 0) is 31.2 Å². The van der Waals surface area contributed by atoms with Crippen LogP contribution in [0.15, 0.2) is 54.6 Å². The summed E-state index contributed by atoms with van der Waals surface area (Å²) in [6, 6.07) is 17.4. The molecule has 0 unspecified atom stereocenters. The van der Waals surface area contributed by atoms with Crippen LogP contribution < -0.4 is 10.3 Å². The molecule has 2 nitrogen and oxygen atoms in total. The molecular formula is C13H12NO. The first-order valence-corrected chi connectivity index (χ1v) is 4.84. The maximum atomic E-state index is 5.27. The van der Waals surface area contributed by atoms with Crippen molar-refractivity contribution < 1.29 is 4.84 Å². The van der Waals surface area contributed by atoms with Crippen LogP contribution in [-0.4, -0.2) is 0 Å². The molecule has 0 N–H and O–H groups in total. The average molecular weight is 198 g/mol. The predicted octanol–water partition coefficient (Wildman–Crippen LogP) is 3.22. The molecule has 0 aliphatic carbocycles. The van der Waals surface area contributed by atoms with Crippen molar-refractivity contribution in [3.63, 3.8) is 0 Å². The molecule has 15 heavy (non-hydrogen) atoms. The van der Waals surface area contributed by atoms with Gasteiger partial charge in [-0.15, -0.1) is 0 Å². The Kier molecular flexibility index (Phi) is 2.88. The van der Waals surface area contributed by atoms with Crippen LogP contribution in [0.25, 0.3) is 0 Å². The lowest BCUT2D eigenvalue weighted by atomic mass is 10.2. The highest BCUT2D eigenvalue weighted by atomic mass is 16.6. The van der Waals surface area contributed by atoms with Crippen LogP contribution in [0.4, 0.5) is 5.69 Å². The van der Waals surface area contributed by atoms with Gasteiger partial charge in [-0.25, -0.2) is 0 Å². The highest BCUT2D eigenvalue weighted by Crippen LogP contribution is 2.13. The first-order chi connectivity index (χ1) is 7.34. The van der Waals surface area contributed by atoms with Gasteiger partial charge < -0.3 is 4.84 Å². The molecular weight excluding hydrogens is 186 g/mol. The fourth-order valence-electron chi connectivity index (χ4n) is 1.19. The number of hydrogen-bond donors (Lipinski definition) is 0. The molecule has 0 bridgehead atoms. The van der Waals surface area contributed by atoms with E-state index in [1.54, 1.807) is 0 Å². The second kappa shape index (κ2) is 4.51. The molecule has 2 aromatic rings. The van der Waals surface area contributed by atoms with Crippen LogP contribution in [0.1, 0.15) is 5.56 Å². The predicted molar refractivity (Wildman–Crippen MR) is 60.0 cm³/mol. The van der Waals surface area contributed by atoms with Crippen LogP contribution >= 0.6 is 0 Å². The summed E-state index contributed by atoms with van der Waals surface area (Å²) >= 11 is 0. The summed E-state index contributed by atoms with van der Waals surface area (Å²) in [7, 11) is 0. The molecule has 0 saturated heterocycles. The van der Waals surface area contributed by atoms with E-state index in [9.17, 15) is 0 Å². The van der Waals surface area contributed by atoms with E-state index in [1.165, 1.54) is 5.56 Å². The maximum absolute atomic E-state index is 5.27. The van der Waals surface area contributed by atoms with Gasteiger partial charge in [-0.3, -0.25) is 0 Å².